The summed E-state index contributed by atoms with van der Waals surface area (Å²) in [7, 11) is 1.67. The lowest BCUT2D eigenvalue weighted by molar-refractivity contribution is -0.134. The molecule has 1 atom stereocenters. The van der Waals surface area contributed by atoms with Crippen molar-refractivity contribution >= 4 is 5.91 Å². The molecule has 0 bridgehead atoms. The first-order valence-corrected chi connectivity index (χ1v) is 11.6. The van der Waals surface area contributed by atoms with Gasteiger partial charge in [-0.15, -0.1) is 0 Å². The molecule has 0 saturated carbocycles. The fraction of sp³-hybridized carbons (Fsp3) is 0.500. The molecule has 6 heteroatoms. The van der Waals surface area contributed by atoms with Crippen molar-refractivity contribution in [3.8, 4) is 5.75 Å². The lowest BCUT2D eigenvalue weighted by Gasteiger charge is -2.36. The summed E-state index contributed by atoms with van der Waals surface area (Å²) in [6, 6.07) is 18.6. The highest BCUT2D eigenvalue weighted by molar-refractivity contribution is 5.77. The molecule has 1 aliphatic heterocycles. The zero-order valence-corrected chi connectivity index (χ0v) is 19.1. The number of carbonyl (C=O) groups excluding carboxylic acids is 1. The van der Waals surface area contributed by atoms with Crippen molar-refractivity contribution in [2.24, 2.45) is 0 Å². The fourth-order valence-electron chi connectivity index (χ4n) is 3.98. The molecule has 1 amide bonds. The Hall–Kier alpha value is -2.41. The Morgan fingerprint density at radius 3 is 2.69 bits per heavy atom. The highest BCUT2D eigenvalue weighted by atomic mass is 16.5. The monoisotopic (exact) mass is 440 g/mol. The molecule has 0 unspecified atom stereocenters. The number of hydrogen-bond acceptors (Lipinski definition) is 5. The van der Waals surface area contributed by atoms with Gasteiger partial charge >= 0.3 is 0 Å². The van der Waals surface area contributed by atoms with Crippen LogP contribution < -0.4 is 10.1 Å². The summed E-state index contributed by atoms with van der Waals surface area (Å²) in [6.07, 6.45) is 2.87. The van der Waals surface area contributed by atoms with E-state index >= 15 is 0 Å². The predicted molar refractivity (Wildman–Crippen MR) is 126 cm³/mol. The third-order valence-corrected chi connectivity index (χ3v) is 5.69. The predicted octanol–water partition coefficient (Wildman–Crippen LogP) is 3.09. The van der Waals surface area contributed by atoms with E-state index < -0.39 is 0 Å². The van der Waals surface area contributed by atoms with E-state index in [1.807, 2.05) is 24.3 Å². The number of amides is 1. The molecule has 2 aromatic carbocycles. The van der Waals surface area contributed by atoms with E-state index in [1.165, 1.54) is 5.56 Å². The molecule has 32 heavy (non-hydrogen) atoms. The summed E-state index contributed by atoms with van der Waals surface area (Å²) in [6.45, 7) is 4.90. The molecule has 1 saturated heterocycles. The van der Waals surface area contributed by atoms with Gasteiger partial charge in [-0.25, -0.2) is 0 Å². The summed E-state index contributed by atoms with van der Waals surface area (Å²) in [5, 5.41) is 3.44. The van der Waals surface area contributed by atoms with Gasteiger partial charge in [-0.2, -0.15) is 0 Å². The first-order valence-electron chi connectivity index (χ1n) is 11.6. The molecule has 1 aliphatic rings. The Morgan fingerprint density at radius 2 is 1.84 bits per heavy atom. The third kappa shape index (κ3) is 7.93. The van der Waals surface area contributed by atoms with Gasteiger partial charge in [-0.1, -0.05) is 48.5 Å². The van der Waals surface area contributed by atoms with Crippen LogP contribution in [0.3, 0.4) is 0 Å². The van der Waals surface area contributed by atoms with Crippen LogP contribution in [0, 0.1) is 0 Å². The maximum atomic E-state index is 13.1. The smallest absolute Gasteiger partial charge is 0.223 e. The summed E-state index contributed by atoms with van der Waals surface area (Å²) in [4.78, 5) is 15.2. The zero-order chi connectivity index (χ0) is 22.4. The molecule has 0 radical (unpaired) electrons. The normalized spacial score (nSPS) is 16.2. The molecule has 0 aliphatic carbocycles. The van der Waals surface area contributed by atoms with Crippen LogP contribution in [-0.4, -0.2) is 70.0 Å². The lowest BCUT2D eigenvalue weighted by Crippen LogP contribution is -2.54. The minimum atomic E-state index is 0.197. The Labute approximate surface area is 191 Å². The number of para-hydroxylation sites is 1. The minimum absolute atomic E-state index is 0.197. The summed E-state index contributed by atoms with van der Waals surface area (Å²) in [5.74, 6) is 1.08. The molecule has 1 fully saturated rings. The second kappa shape index (κ2) is 13.9. The maximum Gasteiger partial charge on any atom is 0.223 e. The first-order chi connectivity index (χ1) is 15.8. The van der Waals surface area contributed by atoms with E-state index in [4.69, 9.17) is 14.2 Å². The number of ether oxygens (including phenoxy) is 3. The van der Waals surface area contributed by atoms with E-state index in [9.17, 15) is 4.79 Å². The number of carbonyl (C=O) groups is 1. The van der Waals surface area contributed by atoms with Gasteiger partial charge in [-0.3, -0.25) is 4.79 Å². The van der Waals surface area contributed by atoms with Crippen molar-refractivity contribution in [2.45, 2.75) is 31.7 Å². The van der Waals surface area contributed by atoms with Gasteiger partial charge in [0.05, 0.1) is 19.8 Å². The standard InChI is InChI=1S/C26H36N2O4/c1-30-18-19-31-16-7-17-32-25-11-6-5-10-23(25)12-13-26(29)28-15-14-27-21-24(28)20-22-8-3-2-4-9-22/h2-6,8-11,24,27H,7,12-21H2,1H3/t24-/m1/s1. The van der Waals surface area contributed by atoms with Gasteiger partial charge in [-0.05, 0) is 30.0 Å². The maximum absolute atomic E-state index is 13.1. The molecule has 3 rings (SSSR count). The van der Waals surface area contributed by atoms with Gasteiger partial charge in [0.2, 0.25) is 5.91 Å². The fourth-order valence-corrected chi connectivity index (χ4v) is 3.98. The van der Waals surface area contributed by atoms with Gasteiger partial charge in [0.25, 0.3) is 0 Å². The van der Waals surface area contributed by atoms with Crippen LogP contribution in [0.1, 0.15) is 24.0 Å². The number of rotatable bonds is 13. The zero-order valence-electron chi connectivity index (χ0n) is 19.1. The second-order valence-electron chi connectivity index (χ2n) is 8.05. The number of piperazine rings is 1. The number of nitrogens with one attached hydrogen (secondary N) is 1. The summed E-state index contributed by atoms with van der Waals surface area (Å²) >= 11 is 0. The lowest BCUT2D eigenvalue weighted by atomic mass is 10.0. The number of hydrogen-bond donors (Lipinski definition) is 1. The quantitative estimate of drug-likeness (QED) is 0.485. The van der Waals surface area contributed by atoms with Crippen molar-refractivity contribution in [3.63, 3.8) is 0 Å². The minimum Gasteiger partial charge on any atom is -0.493 e. The van der Waals surface area contributed by atoms with E-state index in [2.05, 4.69) is 40.5 Å². The van der Waals surface area contributed by atoms with Crippen molar-refractivity contribution in [2.75, 3.05) is 53.2 Å². The number of aryl methyl sites for hydroxylation is 1. The van der Waals surface area contributed by atoms with E-state index in [1.54, 1.807) is 7.11 Å². The largest absolute Gasteiger partial charge is 0.493 e. The van der Waals surface area contributed by atoms with E-state index in [0.717, 1.165) is 43.8 Å². The Kier molecular flexibility index (Phi) is 10.5. The third-order valence-electron chi connectivity index (χ3n) is 5.69. The number of nitrogens with zero attached hydrogens (tertiary/aromatic N) is 1. The second-order valence-corrected chi connectivity index (χ2v) is 8.05. The van der Waals surface area contributed by atoms with Crippen LogP contribution in [0.5, 0.6) is 5.75 Å². The highest BCUT2D eigenvalue weighted by Gasteiger charge is 2.26. The molecule has 1 N–H and O–H groups in total. The van der Waals surface area contributed by atoms with Crippen LogP contribution >= 0.6 is 0 Å². The number of benzene rings is 2. The van der Waals surface area contributed by atoms with E-state index in [0.29, 0.717) is 39.3 Å². The molecular weight excluding hydrogens is 404 g/mol. The van der Waals surface area contributed by atoms with Crippen molar-refractivity contribution in [1.29, 1.82) is 0 Å². The molecule has 1 heterocycles. The number of methoxy groups -OCH3 is 1. The van der Waals surface area contributed by atoms with Crippen LogP contribution in [0.2, 0.25) is 0 Å². The van der Waals surface area contributed by atoms with Crippen molar-refractivity contribution in [3.05, 3.63) is 65.7 Å². The van der Waals surface area contributed by atoms with E-state index in [-0.39, 0.29) is 11.9 Å². The molecule has 0 aromatic heterocycles. The van der Waals surface area contributed by atoms with Gasteiger partial charge in [0.1, 0.15) is 5.75 Å². The molecule has 174 valence electrons. The Morgan fingerprint density at radius 1 is 1.03 bits per heavy atom. The molecule has 2 aromatic rings. The van der Waals surface area contributed by atoms with Gasteiger partial charge < -0.3 is 24.4 Å². The van der Waals surface area contributed by atoms with Crippen molar-refractivity contribution in [1.82, 2.24) is 10.2 Å². The molecular formula is C26H36N2O4. The molecule has 0 spiro atoms. The Bertz CT molecular complexity index is 799. The average Bonchev–Trinajstić information content (AvgIpc) is 2.83. The van der Waals surface area contributed by atoms with Crippen LogP contribution in [-0.2, 0) is 27.1 Å². The summed E-state index contributed by atoms with van der Waals surface area (Å²) in [5.41, 5.74) is 2.35. The Balaban J connectivity index is 1.48. The van der Waals surface area contributed by atoms with Crippen LogP contribution in [0.25, 0.3) is 0 Å². The van der Waals surface area contributed by atoms with Crippen LogP contribution in [0.15, 0.2) is 54.6 Å². The van der Waals surface area contributed by atoms with Gasteiger partial charge in [0.15, 0.2) is 0 Å². The first kappa shape index (κ1) is 24.2. The van der Waals surface area contributed by atoms with Crippen molar-refractivity contribution < 1.29 is 19.0 Å². The topological polar surface area (TPSA) is 60.0 Å². The average molecular weight is 441 g/mol. The highest BCUT2D eigenvalue weighted by Crippen LogP contribution is 2.21. The van der Waals surface area contributed by atoms with Gasteiger partial charge in [0, 0.05) is 52.2 Å². The van der Waals surface area contributed by atoms with Crippen LogP contribution in [0.4, 0.5) is 0 Å². The summed E-state index contributed by atoms with van der Waals surface area (Å²) < 4.78 is 16.4. The molecule has 6 nitrogen and oxygen atoms in total. The SMILES string of the molecule is COCCOCCCOc1ccccc1CCC(=O)N1CCNC[C@H]1Cc1ccccc1.